The maximum Gasteiger partial charge on any atom is 0.270 e. The summed E-state index contributed by atoms with van der Waals surface area (Å²) < 4.78 is 0. The van der Waals surface area contributed by atoms with Crippen molar-refractivity contribution < 1.29 is 19.3 Å². The van der Waals surface area contributed by atoms with E-state index in [0.717, 1.165) is 0 Å². The number of nitrogens with one attached hydrogen (secondary N) is 1. The zero-order valence-corrected chi connectivity index (χ0v) is 12.7. The number of benzene rings is 1. The molecule has 4 rings (SSSR count). The van der Waals surface area contributed by atoms with Crippen LogP contribution in [0.25, 0.3) is 0 Å². The summed E-state index contributed by atoms with van der Waals surface area (Å²) in [6.07, 6.45) is 4.87. The van der Waals surface area contributed by atoms with Crippen molar-refractivity contribution >= 4 is 29.5 Å². The quantitative estimate of drug-likeness (QED) is 0.365. The number of carbonyl (C=O) groups is 3. The fourth-order valence-electron chi connectivity index (χ4n) is 3.70. The number of nitro benzene ring substituents is 1. The van der Waals surface area contributed by atoms with Gasteiger partial charge in [0.15, 0.2) is 5.78 Å². The van der Waals surface area contributed by atoms with E-state index in [1.54, 1.807) is 12.2 Å². The van der Waals surface area contributed by atoms with Crippen molar-refractivity contribution in [2.24, 2.45) is 16.9 Å². The van der Waals surface area contributed by atoms with E-state index in [1.807, 2.05) is 0 Å². The predicted octanol–water partition coefficient (Wildman–Crippen LogP) is 0.275. The second kappa shape index (κ2) is 5.33. The average molecular weight is 340 g/mol. The molecule has 0 aromatic heterocycles. The first-order valence-electron chi connectivity index (χ1n) is 7.61. The lowest BCUT2D eigenvalue weighted by Gasteiger charge is -2.28. The second-order valence-corrected chi connectivity index (χ2v) is 6.04. The average Bonchev–Trinajstić information content (AvgIpc) is 3.10. The lowest BCUT2D eigenvalue weighted by Crippen LogP contribution is -2.44. The van der Waals surface area contributed by atoms with Gasteiger partial charge in [-0.25, -0.2) is 0 Å². The largest absolute Gasteiger partial charge is 0.296 e. The molecule has 1 aromatic carbocycles. The van der Waals surface area contributed by atoms with Crippen molar-refractivity contribution in [3.8, 4) is 0 Å². The maximum absolute atomic E-state index is 13.0. The molecule has 2 fully saturated rings. The zero-order chi connectivity index (χ0) is 17.7. The van der Waals surface area contributed by atoms with Crippen LogP contribution in [-0.2, 0) is 9.59 Å². The van der Waals surface area contributed by atoms with Crippen LogP contribution in [0.1, 0.15) is 10.4 Å². The minimum absolute atomic E-state index is 0.107. The van der Waals surface area contributed by atoms with E-state index in [-0.39, 0.29) is 11.3 Å². The van der Waals surface area contributed by atoms with E-state index in [4.69, 9.17) is 0 Å². The maximum atomic E-state index is 13.0. The smallest absolute Gasteiger partial charge is 0.270 e. The summed E-state index contributed by atoms with van der Waals surface area (Å²) in [4.78, 5) is 47.7. The third-order valence-corrected chi connectivity index (χ3v) is 4.74. The van der Waals surface area contributed by atoms with Crippen molar-refractivity contribution in [1.29, 1.82) is 0 Å². The third-order valence-electron chi connectivity index (χ3n) is 4.74. The number of imide groups is 1. The van der Waals surface area contributed by atoms with E-state index in [9.17, 15) is 24.5 Å². The number of rotatable bonds is 3. The number of hydrogen-bond donors (Lipinski definition) is 1. The van der Waals surface area contributed by atoms with Crippen molar-refractivity contribution in [3.63, 3.8) is 0 Å². The van der Waals surface area contributed by atoms with Crippen LogP contribution >= 0.6 is 0 Å². The Labute approximate surface area is 141 Å². The Kier molecular flexibility index (Phi) is 3.24. The first kappa shape index (κ1) is 15.2. The van der Waals surface area contributed by atoms with Crippen LogP contribution in [0, 0.1) is 22.0 Å². The number of nitrogens with zero attached hydrogens (tertiary/aromatic N) is 3. The Morgan fingerprint density at radius 1 is 1.24 bits per heavy atom. The van der Waals surface area contributed by atoms with E-state index in [2.05, 4.69) is 10.4 Å². The van der Waals surface area contributed by atoms with E-state index >= 15 is 0 Å². The van der Waals surface area contributed by atoms with Gasteiger partial charge in [-0.2, -0.15) is 5.10 Å². The van der Waals surface area contributed by atoms with Gasteiger partial charge in [-0.1, -0.05) is 18.2 Å². The molecule has 0 aliphatic carbocycles. The van der Waals surface area contributed by atoms with Gasteiger partial charge in [0.2, 0.25) is 11.8 Å². The summed E-state index contributed by atoms with van der Waals surface area (Å²) in [5.74, 6) is -2.99. The summed E-state index contributed by atoms with van der Waals surface area (Å²) in [7, 11) is 0. The van der Waals surface area contributed by atoms with Gasteiger partial charge < -0.3 is 0 Å². The van der Waals surface area contributed by atoms with E-state index in [0.29, 0.717) is 0 Å². The monoisotopic (exact) mass is 340 g/mol. The van der Waals surface area contributed by atoms with Gasteiger partial charge >= 0.3 is 0 Å². The van der Waals surface area contributed by atoms with Gasteiger partial charge in [0.25, 0.3) is 5.69 Å². The highest BCUT2D eigenvalue weighted by Gasteiger charge is 2.61. The topological polar surface area (TPSA) is 122 Å². The normalized spacial score (nSPS) is 29.4. The summed E-state index contributed by atoms with van der Waals surface area (Å²) in [6.45, 7) is 0. The van der Waals surface area contributed by atoms with Gasteiger partial charge in [0, 0.05) is 23.9 Å². The van der Waals surface area contributed by atoms with Gasteiger partial charge in [0.1, 0.15) is 6.04 Å². The molecule has 2 saturated heterocycles. The molecule has 3 aliphatic rings. The van der Waals surface area contributed by atoms with Gasteiger partial charge in [0.05, 0.1) is 22.8 Å². The van der Waals surface area contributed by atoms with Crippen molar-refractivity contribution in [2.45, 2.75) is 12.1 Å². The fourth-order valence-corrected chi connectivity index (χ4v) is 3.70. The summed E-state index contributed by atoms with van der Waals surface area (Å²) in [5.41, 5.74) is -0.110. The van der Waals surface area contributed by atoms with Crippen molar-refractivity contribution in [2.75, 3.05) is 0 Å². The lowest BCUT2D eigenvalue weighted by atomic mass is 9.86. The number of ketones is 1. The molecule has 25 heavy (non-hydrogen) atoms. The van der Waals surface area contributed by atoms with Gasteiger partial charge in [-0.3, -0.25) is 34.8 Å². The number of hydrazone groups is 1. The highest BCUT2D eigenvalue weighted by molar-refractivity contribution is 6.12. The Morgan fingerprint density at radius 3 is 2.76 bits per heavy atom. The molecule has 0 unspecified atom stereocenters. The molecule has 9 heteroatoms. The van der Waals surface area contributed by atoms with E-state index < -0.39 is 46.4 Å². The van der Waals surface area contributed by atoms with E-state index in [1.165, 1.54) is 35.5 Å². The Bertz CT molecular complexity index is 877. The second-order valence-electron chi connectivity index (χ2n) is 6.04. The molecular formula is C16H12N4O5. The number of non-ortho nitro benzene ring substituents is 1. The number of allylic oxidation sites excluding steroid dienone is 1. The molecule has 1 aromatic rings. The van der Waals surface area contributed by atoms with Crippen LogP contribution in [0.3, 0.4) is 0 Å². The van der Waals surface area contributed by atoms with Crippen molar-refractivity contribution in [1.82, 2.24) is 10.3 Å². The number of Topliss-reactive ketones (excluding diaryl/α,β-unsaturated/α-hetero) is 1. The van der Waals surface area contributed by atoms with Crippen LogP contribution < -0.4 is 5.32 Å². The standard InChI is InChI=1S/C16H12N4O5/c21-14(8-3-1-4-9(7-8)20(24)25)13-12-11(15(22)18-16(12)23)10-5-2-6-17-19(10)13/h1-7,10-13H,(H,18,22,23)/t10-,11-,12+,13-/m0/s1. The minimum Gasteiger partial charge on any atom is -0.296 e. The molecule has 4 atom stereocenters. The van der Waals surface area contributed by atoms with Crippen LogP contribution in [0.15, 0.2) is 41.5 Å². The molecule has 126 valence electrons. The van der Waals surface area contributed by atoms with Crippen LogP contribution in [0.5, 0.6) is 0 Å². The molecule has 3 aliphatic heterocycles. The predicted molar refractivity (Wildman–Crippen MR) is 84.6 cm³/mol. The molecule has 2 amide bonds. The van der Waals surface area contributed by atoms with Crippen LogP contribution in [-0.4, -0.2) is 45.8 Å². The molecule has 0 radical (unpaired) electrons. The number of nitro groups is 1. The SMILES string of the molecule is O=C1NC(=O)[C@@H]2[C@@H]1[C@@H](C(=O)c1cccc([N+](=O)[O-])c1)N1N=CC=C[C@@H]21. The number of fused-ring (bicyclic) bond motifs is 3. The highest BCUT2D eigenvalue weighted by Crippen LogP contribution is 2.42. The summed E-state index contributed by atoms with van der Waals surface area (Å²) >= 11 is 0. The molecule has 0 spiro atoms. The molecule has 9 nitrogen and oxygen atoms in total. The van der Waals surface area contributed by atoms with Gasteiger partial charge in [-0.15, -0.1) is 0 Å². The number of amides is 2. The fraction of sp³-hybridized carbons (Fsp3) is 0.250. The van der Waals surface area contributed by atoms with Gasteiger partial charge in [-0.05, 0) is 6.08 Å². The summed E-state index contributed by atoms with van der Waals surface area (Å²) in [6, 6.07) is 3.84. The first-order chi connectivity index (χ1) is 12.0. The highest BCUT2D eigenvalue weighted by atomic mass is 16.6. The molecule has 1 N–H and O–H groups in total. The zero-order valence-electron chi connectivity index (χ0n) is 12.7. The Balaban J connectivity index is 1.76. The number of hydrogen-bond acceptors (Lipinski definition) is 7. The minimum atomic E-state index is -0.982. The van der Waals surface area contributed by atoms with Crippen molar-refractivity contribution in [3.05, 3.63) is 52.1 Å². The van der Waals surface area contributed by atoms with Crippen LogP contribution in [0.2, 0.25) is 0 Å². The van der Waals surface area contributed by atoms with Crippen LogP contribution in [0.4, 0.5) is 5.69 Å². The Hall–Kier alpha value is -3.36. The molecule has 3 heterocycles. The summed E-state index contributed by atoms with van der Waals surface area (Å²) in [5, 5.41) is 18.8. The third kappa shape index (κ3) is 2.16. The molecule has 0 saturated carbocycles. The first-order valence-corrected chi connectivity index (χ1v) is 7.61. The molecule has 0 bridgehead atoms. The lowest BCUT2D eigenvalue weighted by molar-refractivity contribution is -0.384. The molecular weight excluding hydrogens is 328 g/mol. The number of carbonyl (C=O) groups excluding carboxylic acids is 3. The Morgan fingerprint density at radius 2 is 2.00 bits per heavy atom.